The summed E-state index contributed by atoms with van der Waals surface area (Å²) in [6, 6.07) is 11.4. The zero-order chi connectivity index (χ0) is 21.4. The summed E-state index contributed by atoms with van der Waals surface area (Å²) in [5, 5.41) is 2.90. The van der Waals surface area contributed by atoms with Gasteiger partial charge in [-0.1, -0.05) is 6.07 Å². The summed E-state index contributed by atoms with van der Waals surface area (Å²) in [6.45, 7) is 3.41. The van der Waals surface area contributed by atoms with E-state index in [4.69, 9.17) is 0 Å². The number of hydrogen-bond acceptors (Lipinski definition) is 4. The molecule has 2 aromatic heterocycles. The van der Waals surface area contributed by atoms with Gasteiger partial charge in [0, 0.05) is 11.9 Å². The first-order valence-electron chi connectivity index (χ1n) is 9.07. The van der Waals surface area contributed by atoms with Crippen LogP contribution in [0.4, 0.5) is 14.5 Å². The van der Waals surface area contributed by atoms with Gasteiger partial charge in [0.15, 0.2) is 5.65 Å². The lowest BCUT2D eigenvalue weighted by atomic mass is 10.1. The number of nitrogens with one attached hydrogen (secondary N) is 1. The molecule has 0 aliphatic heterocycles. The van der Waals surface area contributed by atoms with Gasteiger partial charge >= 0.3 is 0 Å². The van der Waals surface area contributed by atoms with Gasteiger partial charge in [0.25, 0.3) is 11.5 Å². The van der Waals surface area contributed by atoms with Crippen LogP contribution >= 0.6 is 0 Å². The van der Waals surface area contributed by atoms with Crippen LogP contribution in [0.2, 0.25) is 0 Å². The lowest BCUT2D eigenvalue weighted by Gasteiger charge is -2.14. The minimum Gasteiger partial charge on any atom is -0.322 e. The number of aryl methyl sites for hydroxylation is 2. The number of benzene rings is 2. The Bertz CT molecular complexity index is 1350. The molecule has 0 radical (unpaired) electrons. The normalized spacial score (nSPS) is 10.9. The molecule has 0 atom stereocenters. The molecular formula is C22H16F2N4O2. The summed E-state index contributed by atoms with van der Waals surface area (Å²) < 4.78 is 29.2. The highest BCUT2D eigenvalue weighted by Crippen LogP contribution is 2.22. The van der Waals surface area contributed by atoms with Crippen molar-refractivity contribution in [2.24, 2.45) is 0 Å². The minimum atomic E-state index is -0.945. The zero-order valence-electron chi connectivity index (χ0n) is 16.1. The van der Waals surface area contributed by atoms with Crippen molar-refractivity contribution in [2.75, 3.05) is 5.32 Å². The van der Waals surface area contributed by atoms with Gasteiger partial charge in [0.2, 0.25) is 0 Å². The van der Waals surface area contributed by atoms with Crippen LogP contribution in [0.5, 0.6) is 0 Å². The van der Waals surface area contributed by atoms with Gasteiger partial charge in [-0.3, -0.25) is 14.2 Å². The van der Waals surface area contributed by atoms with E-state index in [1.165, 1.54) is 10.6 Å². The molecule has 4 aromatic rings. The number of pyridine rings is 1. The lowest BCUT2D eigenvalue weighted by molar-refractivity contribution is 0.101. The SMILES string of the molecule is Cc1cc(-n2c(C)nc3ncccc3c2=O)ccc1NC(=O)c1c(F)cccc1F. The van der Waals surface area contributed by atoms with Crippen LogP contribution in [0, 0.1) is 25.5 Å². The van der Waals surface area contributed by atoms with E-state index in [2.05, 4.69) is 15.3 Å². The highest BCUT2D eigenvalue weighted by atomic mass is 19.1. The lowest BCUT2D eigenvalue weighted by Crippen LogP contribution is -2.23. The quantitative estimate of drug-likeness (QED) is 0.559. The Morgan fingerprint density at radius 1 is 1.03 bits per heavy atom. The average molecular weight is 406 g/mol. The summed E-state index contributed by atoms with van der Waals surface area (Å²) in [6.07, 6.45) is 1.57. The number of anilines is 1. The first-order chi connectivity index (χ1) is 14.4. The largest absolute Gasteiger partial charge is 0.322 e. The predicted octanol–water partition coefficient (Wildman–Crippen LogP) is 3.93. The first-order valence-corrected chi connectivity index (χ1v) is 9.07. The maximum atomic E-state index is 13.9. The number of hydrogen-bond donors (Lipinski definition) is 1. The Hall–Kier alpha value is -3.94. The van der Waals surface area contributed by atoms with E-state index in [9.17, 15) is 18.4 Å². The summed E-state index contributed by atoms with van der Waals surface area (Å²) in [5.74, 6) is -2.33. The van der Waals surface area contributed by atoms with Crippen LogP contribution in [-0.4, -0.2) is 20.4 Å². The molecular weight excluding hydrogens is 390 g/mol. The molecule has 1 amide bonds. The predicted molar refractivity (Wildman–Crippen MR) is 109 cm³/mol. The van der Waals surface area contributed by atoms with Crippen molar-refractivity contribution in [1.82, 2.24) is 14.5 Å². The maximum absolute atomic E-state index is 13.9. The third kappa shape index (κ3) is 3.32. The second-order valence-corrected chi connectivity index (χ2v) is 6.72. The van der Waals surface area contributed by atoms with Crippen LogP contribution in [0.3, 0.4) is 0 Å². The summed E-state index contributed by atoms with van der Waals surface area (Å²) in [7, 11) is 0. The molecule has 2 heterocycles. The number of amides is 1. The molecule has 0 aliphatic rings. The van der Waals surface area contributed by atoms with Crippen LogP contribution in [0.25, 0.3) is 16.7 Å². The second kappa shape index (κ2) is 7.47. The number of halogens is 2. The maximum Gasteiger partial charge on any atom is 0.267 e. The number of fused-ring (bicyclic) bond motifs is 1. The van der Waals surface area contributed by atoms with E-state index < -0.39 is 23.1 Å². The molecule has 30 heavy (non-hydrogen) atoms. The third-order valence-corrected chi connectivity index (χ3v) is 4.72. The standard InChI is InChI=1S/C22H16F2N4O2/c1-12-11-14(28-13(2)26-20-15(22(28)30)5-4-10-25-20)8-9-18(12)27-21(29)19-16(23)6-3-7-17(19)24/h3-11H,1-2H3,(H,27,29). The van der Waals surface area contributed by atoms with E-state index in [0.717, 1.165) is 12.1 Å². The van der Waals surface area contributed by atoms with Crippen molar-refractivity contribution >= 4 is 22.6 Å². The molecule has 0 saturated heterocycles. The summed E-state index contributed by atoms with van der Waals surface area (Å²) in [5.41, 5.74) is 0.962. The molecule has 0 saturated carbocycles. The van der Waals surface area contributed by atoms with Gasteiger partial charge in [-0.05, 0) is 61.9 Å². The van der Waals surface area contributed by atoms with E-state index in [1.54, 1.807) is 50.4 Å². The van der Waals surface area contributed by atoms with Crippen molar-refractivity contribution < 1.29 is 13.6 Å². The van der Waals surface area contributed by atoms with Gasteiger partial charge in [-0.2, -0.15) is 0 Å². The first kappa shape index (κ1) is 19.4. The molecule has 1 N–H and O–H groups in total. The van der Waals surface area contributed by atoms with E-state index in [-0.39, 0.29) is 5.56 Å². The van der Waals surface area contributed by atoms with Crippen molar-refractivity contribution in [2.45, 2.75) is 13.8 Å². The monoisotopic (exact) mass is 406 g/mol. The Kier molecular flexibility index (Phi) is 4.83. The molecule has 0 unspecified atom stereocenters. The van der Waals surface area contributed by atoms with Crippen LogP contribution in [-0.2, 0) is 0 Å². The molecule has 0 aliphatic carbocycles. The number of nitrogens with zero attached hydrogens (tertiary/aromatic N) is 3. The minimum absolute atomic E-state index is 0.268. The van der Waals surface area contributed by atoms with Crippen LogP contribution < -0.4 is 10.9 Å². The second-order valence-electron chi connectivity index (χ2n) is 6.72. The molecule has 0 spiro atoms. The molecule has 150 valence electrons. The van der Waals surface area contributed by atoms with Crippen molar-refractivity contribution in [3.63, 3.8) is 0 Å². The topological polar surface area (TPSA) is 76.9 Å². The fourth-order valence-corrected chi connectivity index (χ4v) is 3.25. The average Bonchev–Trinajstić information content (AvgIpc) is 2.70. The van der Waals surface area contributed by atoms with Gasteiger partial charge < -0.3 is 5.32 Å². The smallest absolute Gasteiger partial charge is 0.267 e. The number of carbonyl (C=O) groups is 1. The van der Waals surface area contributed by atoms with E-state index in [0.29, 0.717) is 33.8 Å². The summed E-state index contributed by atoms with van der Waals surface area (Å²) >= 11 is 0. The number of rotatable bonds is 3. The molecule has 2 aromatic carbocycles. The van der Waals surface area contributed by atoms with Crippen LogP contribution in [0.1, 0.15) is 21.7 Å². The van der Waals surface area contributed by atoms with Gasteiger partial charge in [-0.15, -0.1) is 0 Å². The Balaban J connectivity index is 1.72. The highest BCUT2D eigenvalue weighted by Gasteiger charge is 2.18. The van der Waals surface area contributed by atoms with E-state index in [1.807, 2.05) is 0 Å². The molecule has 6 nitrogen and oxygen atoms in total. The Labute approximate surface area is 169 Å². The molecule has 4 rings (SSSR count). The van der Waals surface area contributed by atoms with Gasteiger partial charge in [0.1, 0.15) is 23.0 Å². The fourth-order valence-electron chi connectivity index (χ4n) is 3.25. The summed E-state index contributed by atoms with van der Waals surface area (Å²) in [4.78, 5) is 33.8. The highest BCUT2D eigenvalue weighted by molar-refractivity contribution is 6.05. The molecule has 8 heteroatoms. The van der Waals surface area contributed by atoms with Crippen molar-refractivity contribution in [1.29, 1.82) is 0 Å². The molecule has 0 fully saturated rings. The zero-order valence-corrected chi connectivity index (χ0v) is 16.1. The van der Waals surface area contributed by atoms with Crippen molar-refractivity contribution in [3.8, 4) is 5.69 Å². The number of aromatic nitrogens is 3. The number of carbonyl (C=O) groups excluding carboxylic acids is 1. The Morgan fingerprint density at radius 2 is 1.77 bits per heavy atom. The van der Waals surface area contributed by atoms with Gasteiger partial charge in [-0.25, -0.2) is 18.7 Å². The van der Waals surface area contributed by atoms with Crippen molar-refractivity contribution in [3.05, 3.63) is 93.7 Å². The van der Waals surface area contributed by atoms with Gasteiger partial charge in [0.05, 0.1) is 11.1 Å². The van der Waals surface area contributed by atoms with Crippen LogP contribution in [0.15, 0.2) is 59.5 Å². The third-order valence-electron chi connectivity index (χ3n) is 4.72. The Morgan fingerprint density at radius 3 is 2.47 bits per heavy atom. The van der Waals surface area contributed by atoms with E-state index >= 15 is 0 Å². The molecule has 0 bridgehead atoms. The fraction of sp³-hybridized carbons (Fsp3) is 0.0909.